The van der Waals surface area contributed by atoms with Crippen molar-refractivity contribution >= 4 is 11.4 Å². The summed E-state index contributed by atoms with van der Waals surface area (Å²) in [6.07, 6.45) is 15.9. The molecule has 2 aliphatic heterocycles. The van der Waals surface area contributed by atoms with E-state index in [0.29, 0.717) is 23.7 Å². The summed E-state index contributed by atoms with van der Waals surface area (Å²) in [6.45, 7) is 22.2. The Morgan fingerprint density at radius 1 is 0.393 bits per heavy atom. The van der Waals surface area contributed by atoms with Crippen LogP contribution in [-0.4, -0.2) is 43.0 Å². The molecule has 0 radical (unpaired) electrons. The molecule has 10 aromatic rings. The molecule has 428 valence electrons. The molecule has 0 spiro atoms. The van der Waals surface area contributed by atoms with Crippen molar-refractivity contribution in [3.8, 4) is 56.4 Å². The van der Waals surface area contributed by atoms with E-state index in [1.807, 2.05) is 169 Å². The molecule has 0 fully saturated rings. The van der Waals surface area contributed by atoms with E-state index in [9.17, 15) is 0 Å². The van der Waals surface area contributed by atoms with Gasteiger partial charge in [-0.05, 0) is 108 Å². The second kappa shape index (κ2) is 30.6. The third-order valence-corrected chi connectivity index (χ3v) is 14.2. The molecular formula is C74H74Ir2N8. The molecule has 0 aliphatic carbocycles. The van der Waals surface area contributed by atoms with E-state index in [-0.39, 0.29) is 40.2 Å². The molecule has 0 N–H and O–H groups in total. The predicted octanol–water partition coefficient (Wildman–Crippen LogP) is 18.2. The number of hydrogen-bond donors (Lipinski definition) is 0. The Morgan fingerprint density at radius 3 is 1.10 bits per heavy atom. The minimum Gasteiger partial charge on any atom is -0.510 e. The van der Waals surface area contributed by atoms with Gasteiger partial charge in [0.05, 0.1) is 17.3 Å². The Bertz CT molecular complexity index is 3480. The summed E-state index contributed by atoms with van der Waals surface area (Å²) in [5.74, 6) is 3.65. The topological polar surface area (TPSA) is 48.6 Å². The second-order valence-electron chi connectivity index (χ2n) is 21.6. The van der Waals surface area contributed by atoms with Crippen LogP contribution in [0.5, 0.6) is 0 Å². The van der Waals surface area contributed by atoms with Gasteiger partial charge in [0.25, 0.3) is 0 Å². The van der Waals surface area contributed by atoms with Gasteiger partial charge in [0.15, 0.2) is 0 Å². The van der Waals surface area contributed by atoms with Crippen LogP contribution < -0.4 is 9.80 Å². The SMILES string of the molecule is CC(C)c1cc(-c2ccccc2)c(-n2ccnc2-c2[c-]cccc2)c(-c2ccccc2)c1.CC(C)c1cc(C(C)C)c(-n2ccnc2-c2[c-]cccc2)c(C(C)C)c1.CN1C=CN(c2[c-]cccc2)[CH-]1.CN1C=CN(c2[c-]cccc2)[CH-]1.[Ir+3].[Ir+3]. The fraction of sp³-hybridized carbons (Fsp3) is 0.189. The Labute approximate surface area is 527 Å². The van der Waals surface area contributed by atoms with E-state index < -0.39 is 0 Å². The van der Waals surface area contributed by atoms with Crippen molar-refractivity contribution < 1.29 is 40.2 Å². The van der Waals surface area contributed by atoms with Crippen LogP contribution in [0.2, 0.25) is 0 Å². The first-order valence-corrected chi connectivity index (χ1v) is 28.3. The van der Waals surface area contributed by atoms with Gasteiger partial charge in [0.1, 0.15) is 0 Å². The molecule has 0 bridgehead atoms. The molecule has 0 unspecified atom stereocenters. The van der Waals surface area contributed by atoms with Crippen molar-refractivity contribution in [2.24, 2.45) is 0 Å². The monoisotopic (exact) mass is 1460 g/mol. The van der Waals surface area contributed by atoms with Gasteiger partial charge in [0, 0.05) is 41.6 Å². The van der Waals surface area contributed by atoms with Crippen LogP contribution in [0.4, 0.5) is 11.4 Å². The second-order valence-corrected chi connectivity index (χ2v) is 21.6. The summed E-state index contributed by atoms with van der Waals surface area (Å²) in [6, 6.07) is 75.6. The zero-order chi connectivity index (χ0) is 57.5. The molecule has 0 saturated carbocycles. The summed E-state index contributed by atoms with van der Waals surface area (Å²) in [7, 11) is 4.00. The van der Waals surface area contributed by atoms with Crippen LogP contribution in [0.1, 0.15) is 101 Å². The number of rotatable bonds is 12. The molecule has 12 rings (SSSR count). The van der Waals surface area contributed by atoms with Crippen LogP contribution in [0, 0.1) is 37.6 Å². The first-order valence-electron chi connectivity index (χ1n) is 28.3. The molecule has 10 heteroatoms. The molecule has 4 heterocycles. The van der Waals surface area contributed by atoms with Crippen molar-refractivity contribution in [1.82, 2.24) is 28.9 Å². The molecular weight excluding hydrogens is 1390 g/mol. The Hall–Kier alpha value is -7.84. The van der Waals surface area contributed by atoms with E-state index in [2.05, 4.69) is 203 Å². The maximum Gasteiger partial charge on any atom is 3.00 e. The van der Waals surface area contributed by atoms with E-state index in [1.165, 1.54) is 50.2 Å². The fourth-order valence-electron chi connectivity index (χ4n) is 9.83. The third-order valence-electron chi connectivity index (χ3n) is 14.2. The van der Waals surface area contributed by atoms with Crippen LogP contribution in [0.15, 0.2) is 232 Å². The number of hydrogen-bond acceptors (Lipinski definition) is 6. The van der Waals surface area contributed by atoms with Crippen LogP contribution in [0.3, 0.4) is 0 Å². The van der Waals surface area contributed by atoms with Gasteiger partial charge >= 0.3 is 40.2 Å². The van der Waals surface area contributed by atoms with Crippen LogP contribution in [-0.2, 0) is 40.2 Å². The predicted molar refractivity (Wildman–Crippen MR) is 341 cm³/mol. The minimum atomic E-state index is 0. The zero-order valence-corrected chi connectivity index (χ0v) is 54.4. The minimum absolute atomic E-state index is 0. The van der Waals surface area contributed by atoms with E-state index >= 15 is 0 Å². The van der Waals surface area contributed by atoms with Gasteiger partial charge < -0.3 is 28.7 Å². The average Bonchev–Trinajstić information content (AvgIpc) is 4.53. The van der Waals surface area contributed by atoms with Gasteiger partial charge in [-0.1, -0.05) is 128 Å². The summed E-state index contributed by atoms with van der Waals surface area (Å²) in [4.78, 5) is 17.4. The van der Waals surface area contributed by atoms with Gasteiger partial charge in [0.2, 0.25) is 0 Å². The van der Waals surface area contributed by atoms with Gasteiger partial charge in [-0.2, -0.15) is 74.0 Å². The van der Waals surface area contributed by atoms with Gasteiger partial charge in [-0.15, -0.1) is 83.2 Å². The summed E-state index contributed by atoms with van der Waals surface area (Å²) < 4.78 is 4.46. The number of benzene rings is 8. The van der Waals surface area contributed by atoms with Gasteiger partial charge in [-0.25, -0.2) is 0 Å². The van der Waals surface area contributed by atoms with Crippen LogP contribution >= 0.6 is 0 Å². The standard InChI is InChI=1S/C30H25N2.C24H29N2.2C10H10N2.2Ir/c1-22(2)26-20-27(23-12-6-3-7-13-23)29(28(21-26)24-14-8-4-9-15-24)32-19-18-31-30(32)25-16-10-5-11-17-25;1-16(2)20-14-21(17(3)4)23(22(15-20)18(5)6)26-13-12-25-24(26)19-10-8-7-9-11-19;2*1-11-7-8-12(9-11)10-5-3-2-4-6-10;;/h3-16,18-22H,1-2H3;7-10,12-18H,1-6H3;2*2-5,7-9H,1H3;;/q2*-1;2*-2;2*+3. The van der Waals surface area contributed by atoms with Crippen molar-refractivity contribution in [3.63, 3.8) is 0 Å². The zero-order valence-electron chi connectivity index (χ0n) is 49.6. The van der Waals surface area contributed by atoms with Crippen LogP contribution in [0.25, 0.3) is 56.4 Å². The molecule has 2 aromatic heterocycles. The Balaban J connectivity index is 0.000000173. The molecule has 84 heavy (non-hydrogen) atoms. The summed E-state index contributed by atoms with van der Waals surface area (Å²) >= 11 is 0. The number of anilines is 2. The Kier molecular flexibility index (Phi) is 23.2. The number of para-hydroxylation sites is 2. The van der Waals surface area contributed by atoms with Crippen molar-refractivity contribution in [2.45, 2.75) is 79.1 Å². The van der Waals surface area contributed by atoms with E-state index in [1.54, 1.807) is 0 Å². The number of aromatic nitrogens is 4. The molecule has 0 atom stereocenters. The van der Waals surface area contributed by atoms with Crippen molar-refractivity contribution in [1.29, 1.82) is 0 Å². The molecule has 8 aromatic carbocycles. The third kappa shape index (κ3) is 15.9. The molecule has 0 amide bonds. The molecule has 0 saturated heterocycles. The maximum absolute atomic E-state index is 4.72. The molecule has 2 aliphatic rings. The number of nitrogens with zero attached hydrogens (tertiary/aromatic N) is 8. The van der Waals surface area contributed by atoms with E-state index in [4.69, 9.17) is 4.98 Å². The first kappa shape index (κ1) is 63.7. The average molecular weight is 1460 g/mol. The smallest absolute Gasteiger partial charge is 0.510 e. The van der Waals surface area contributed by atoms with Crippen molar-refractivity contribution in [2.75, 3.05) is 23.9 Å². The van der Waals surface area contributed by atoms with Crippen molar-refractivity contribution in [3.05, 3.63) is 291 Å². The summed E-state index contributed by atoms with van der Waals surface area (Å²) in [5.41, 5.74) is 16.8. The summed E-state index contributed by atoms with van der Waals surface area (Å²) in [5, 5.41) is 0. The fourth-order valence-corrected chi connectivity index (χ4v) is 9.83. The normalized spacial score (nSPS) is 12.4. The number of imidazole rings is 2. The van der Waals surface area contributed by atoms with E-state index in [0.717, 1.165) is 39.8 Å². The maximum atomic E-state index is 4.72. The quantitative estimate of drug-likeness (QED) is 0.114. The van der Waals surface area contributed by atoms with Gasteiger partial charge in [-0.3, -0.25) is 9.97 Å². The first-order chi connectivity index (χ1) is 39.8. The Morgan fingerprint density at radius 2 is 0.762 bits per heavy atom. The molecule has 8 nitrogen and oxygen atoms in total. The largest absolute Gasteiger partial charge is 3.00 e.